The van der Waals surface area contributed by atoms with Crippen LogP contribution in [0.4, 0.5) is 0 Å². The van der Waals surface area contributed by atoms with Crippen LogP contribution in [0.2, 0.25) is 0 Å². The monoisotopic (exact) mass is 298 g/mol. The van der Waals surface area contributed by atoms with E-state index in [9.17, 15) is 0 Å². The number of carbonyl (C=O) groups excluding carboxylic acids is 1. The smallest absolute Gasteiger partial charge is 0.206 e. The third-order valence-electron chi connectivity index (χ3n) is 2.95. The Kier molecular flexibility index (Phi) is 14.2. The second-order valence-electron chi connectivity index (χ2n) is 4.23. The zero-order chi connectivity index (χ0) is 16.8. The number of rotatable bonds is 2. The maximum absolute atomic E-state index is 9.06. The van der Waals surface area contributed by atoms with Crippen molar-refractivity contribution in [3.8, 4) is 0 Å². The SMILES string of the molecule is CC.CC.CCc1c(C)nn2c1CN(C)CC2.CNC=O. The molecule has 0 radical (unpaired) electrons. The van der Waals surface area contributed by atoms with Gasteiger partial charge in [0.05, 0.1) is 17.9 Å². The number of aromatic nitrogens is 2. The number of fused-ring (bicyclic) bond motifs is 1. The highest BCUT2D eigenvalue weighted by atomic mass is 16.1. The highest BCUT2D eigenvalue weighted by Gasteiger charge is 2.18. The Morgan fingerprint density at radius 2 is 1.76 bits per heavy atom. The lowest BCUT2D eigenvalue weighted by molar-refractivity contribution is -0.109. The van der Waals surface area contributed by atoms with Crippen molar-refractivity contribution in [3.05, 3.63) is 17.0 Å². The Morgan fingerprint density at radius 3 is 2.19 bits per heavy atom. The van der Waals surface area contributed by atoms with Gasteiger partial charge in [-0.25, -0.2) is 0 Å². The van der Waals surface area contributed by atoms with E-state index in [2.05, 4.69) is 40.9 Å². The zero-order valence-corrected chi connectivity index (χ0v) is 15.2. The van der Waals surface area contributed by atoms with E-state index < -0.39 is 0 Å². The molecule has 1 aliphatic rings. The minimum absolute atomic E-state index is 0.625. The number of nitrogens with zero attached hydrogens (tertiary/aromatic N) is 3. The van der Waals surface area contributed by atoms with E-state index in [1.54, 1.807) is 7.05 Å². The Balaban J connectivity index is 0. The van der Waals surface area contributed by atoms with E-state index in [0.29, 0.717) is 6.41 Å². The minimum Gasteiger partial charge on any atom is -0.362 e. The van der Waals surface area contributed by atoms with Gasteiger partial charge < -0.3 is 5.32 Å². The average Bonchev–Trinajstić information content (AvgIpc) is 2.86. The third kappa shape index (κ3) is 7.27. The van der Waals surface area contributed by atoms with Crippen molar-refractivity contribution in [1.29, 1.82) is 0 Å². The van der Waals surface area contributed by atoms with Crippen molar-refractivity contribution in [2.45, 2.75) is 61.1 Å². The fourth-order valence-corrected chi connectivity index (χ4v) is 2.09. The largest absolute Gasteiger partial charge is 0.362 e. The number of aryl methyl sites for hydroxylation is 1. The molecule has 0 bridgehead atoms. The van der Waals surface area contributed by atoms with Crippen LogP contribution in [0.1, 0.15) is 51.6 Å². The molecule has 124 valence electrons. The number of hydrogen-bond donors (Lipinski definition) is 1. The van der Waals surface area contributed by atoms with Crippen molar-refractivity contribution in [2.75, 3.05) is 20.6 Å². The van der Waals surface area contributed by atoms with Gasteiger partial charge in [-0.3, -0.25) is 14.4 Å². The van der Waals surface area contributed by atoms with E-state index in [-0.39, 0.29) is 0 Å². The summed E-state index contributed by atoms with van der Waals surface area (Å²) in [4.78, 5) is 11.4. The highest BCUT2D eigenvalue weighted by Crippen LogP contribution is 2.19. The summed E-state index contributed by atoms with van der Waals surface area (Å²) in [6, 6.07) is 0. The summed E-state index contributed by atoms with van der Waals surface area (Å²) >= 11 is 0. The summed E-state index contributed by atoms with van der Waals surface area (Å²) in [6.45, 7) is 15.6. The Bertz CT molecular complexity index is 375. The van der Waals surface area contributed by atoms with E-state index in [0.717, 1.165) is 26.1 Å². The average molecular weight is 298 g/mol. The lowest BCUT2D eigenvalue weighted by Gasteiger charge is -2.24. The summed E-state index contributed by atoms with van der Waals surface area (Å²) < 4.78 is 2.17. The molecule has 0 saturated heterocycles. The quantitative estimate of drug-likeness (QED) is 0.854. The number of amides is 1. The summed E-state index contributed by atoms with van der Waals surface area (Å²) in [6.07, 6.45) is 1.73. The molecule has 0 fully saturated rings. The van der Waals surface area contributed by atoms with E-state index in [1.807, 2.05) is 27.7 Å². The second kappa shape index (κ2) is 13.6. The molecule has 5 heteroatoms. The molecular formula is C16H34N4O. The van der Waals surface area contributed by atoms with Gasteiger partial charge in [0, 0.05) is 20.1 Å². The maximum atomic E-state index is 9.06. The second-order valence-corrected chi connectivity index (χ2v) is 4.23. The van der Waals surface area contributed by atoms with Gasteiger partial charge in [0.2, 0.25) is 6.41 Å². The van der Waals surface area contributed by atoms with Crippen molar-refractivity contribution in [2.24, 2.45) is 0 Å². The summed E-state index contributed by atoms with van der Waals surface area (Å²) in [5, 5.41) is 6.80. The predicted molar refractivity (Wildman–Crippen MR) is 90.5 cm³/mol. The van der Waals surface area contributed by atoms with Gasteiger partial charge in [0.15, 0.2) is 0 Å². The number of nitrogens with one attached hydrogen (secondary N) is 1. The van der Waals surface area contributed by atoms with Crippen LogP contribution >= 0.6 is 0 Å². The molecule has 0 aromatic carbocycles. The standard InChI is InChI=1S/C10H17N3.C2H5NO.2C2H6/c1-4-9-8(2)11-13-6-5-12(3)7-10(9)13;1-3-2-4;2*1-2/h4-7H2,1-3H3;2H,1H3,(H,3,4);2*1-2H3. The summed E-state index contributed by atoms with van der Waals surface area (Å²) in [7, 11) is 3.73. The lowest BCUT2D eigenvalue weighted by Crippen LogP contribution is -2.31. The molecule has 1 aliphatic heterocycles. The first-order valence-electron chi connectivity index (χ1n) is 7.98. The summed E-state index contributed by atoms with van der Waals surface area (Å²) in [5.74, 6) is 0. The Hall–Kier alpha value is -1.36. The predicted octanol–water partition coefficient (Wildman–Crippen LogP) is 2.61. The molecule has 1 amide bonds. The first-order valence-corrected chi connectivity index (χ1v) is 7.98. The van der Waals surface area contributed by atoms with Crippen LogP contribution in [0.15, 0.2) is 0 Å². The lowest BCUT2D eigenvalue weighted by atomic mass is 10.1. The van der Waals surface area contributed by atoms with Crippen LogP contribution in [0.3, 0.4) is 0 Å². The topological polar surface area (TPSA) is 50.2 Å². The van der Waals surface area contributed by atoms with Gasteiger partial charge in [-0.15, -0.1) is 0 Å². The van der Waals surface area contributed by atoms with E-state index >= 15 is 0 Å². The molecule has 5 nitrogen and oxygen atoms in total. The van der Waals surface area contributed by atoms with E-state index in [1.165, 1.54) is 17.0 Å². The van der Waals surface area contributed by atoms with Gasteiger partial charge in [0.1, 0.15) is 0 Å². The van der Waals surface area contributed by atoms with Crippen molar-refractivity contribution in [3.63, 3.8) is 0 Å². The molecule has 1 aromatic rings. The van der Waals surface area contributed by atoms with Crippen LogP contribution < -0.4 is 5.32 Å². The molecule has 2 heterocycles. The zero-order valence-electron chi connectivity index (χ0n) is 15.2. The van der Waals surface area contributed by atoms with Crippen LogP contribution in [-0.4, -0.2) is 41.7 Å². The molecule has 21 heavy (non-hydrogen) atoms. The molecule has 0 spiro atoms. The number of carbonyl (C=O) groups is 1. The maximum Gasteiger partial charge on any atom is 0.206 e. The fourth-order valence-electron chi connectivity index (χ4n) is 2.09. The summed E-state index contributed by atoms with van der Waals surface area (Å²) in [5.41, 5.74) is 4.09. The van der Waals surface area contributed by atoms with Gasteiger partial charge in [0.25, 0.3) is 0 Å². The van der Waals surface area contributed by atoms with Crippen molar-refractivity contribution < 1.29 is 4.79 Å². The van der Waals surface area contributed by atoms with Gasteiger partial charge >= 0.3 is 0 Å². The van der Waals surface area contributed by atoms with Gasteiger partial charge in [-0.05, 0) is 26.0 Å². The molecule has 2 rings (SSSR count). The van der Waals surface area contributed by atoms with Crippen molar-refractivity contribution >= 4 is 6.41 Å². The molecular weight excluding hydrogens is 264 g/mol. The molecule has 0 atom stereocenters. The van der Waals surface area contributed by atoms with Crippen LogP contribution in [0.25, 0.3) is 0 Å². The third-order valence-corrected chi connectivity index (χ3v) is 2.95. The highest BCUT2D eigenvalue weighted by molar-refractivity contribution is 5.44. The Labute approximate surface area is 130 Å². The first kappa shape index (κ1) is 21.9. The molecule has 1 N–H and O–H groups in total. The molecule has 0 unspecified atom stereocenters. The van der Waals surface area contributed by atoms with Crippen LogP contribution in [0.5, 0.6) is 0 Å². The molecule has 0 aliphatic carbocycles. The van der Waals surface area contributed by atoms with Crippen molar-refractivity contribution in [1.82, 2.24) is 20.0 Å². The number of hydrogen-bond acceptors (Lipinski definition) is 3. The van der Waals surface area contributed by atoms with Crippen LogP contribution in [0, 0.1) is 6.92 Å². The van der Waals surface area contributed by atoms with Crippen LogP contribution in [-0.2, 0) is 24.3 Å². The molecule has 1 aromatic heterocycles. The minimum atomic E-state index is 0.625. The molecule has 0 saturated carbocycles. The number of likely N-dealkylation sites (N-methyl/N-ethyl adjacent to an activating group) is 1. The van der Waals surface area contributed by atoms with Gasteiger partial charge in [-0.1, -0.05) is 34.6 Å². The normalized spacial score (nSPS) is 12.4. The first-order chi connectivity index (χ1) is 10.1. The van der Waals surface area contributed by atoms with E-state index in [4.69, 9.17) is 4.79 Å². The Morgan fingerprint density at radius 1 is 1.24 bits per heavy atom. The fraction of sp³-hybridized carbons (Fsp3) is 0.750. The van der Waals surface area contributed by atoms with Gasteiger partial charge in [-0.2, -0.15) is 5.10 Å².